The summed E-state index contributed by atoms with van der Waals surface area (Å²) >= 11 is 0. The van der Waals surface area contributed by atoms with Crippen LogP contribution in [0.15, 0.2) is 42.7 Å². The van der Waals surface area contributed by atoms with Crippen LogP contribution in [0, 0.1) is 5.92 Å². The van der Waals surface area contributed by atoms with Crippen molar-refractivity contribution in [2.24, 2.45) is 5.92 Å². The molecule has 0 radical (unpaired) electrons. The maximum Gasteiger partial charge on any atom is 0.203 e. The van der Waals surface area contributed by atoms with E-state index in [2.05, 4.69) is 22.1 Å². The third kappa shape index (κ3) is 1.84. The van der Waals surface area contributed by atoms with Crippen molar-refractivity contribution in [2.75, 3.05) is 0 Å². The minimum absolute atomic E-state index is 0.00907. The van der Waals surface area contributed by atoms with Gasteiger partial charge in [0.05, 0.1) is 0 Å². The minimum atomic E-state index is 0.00907. The Morgan fingerprint density at radius 3 is 2.18 bits per heavy atom. The summed E-state index contributed by atoms with van der Waals surface area (Å²) in [5, 5.41) is 0. The lowest BCUT2D eigenvalue weighted by atomic mass is 10.0. The van der Waals surface area contributed by atoms with Gasteiger partial charge in [0.15, 0.2) is 5.82 Å². The Hall–Kier alpha value is -2.03. The van der Waals surface area contributed by atoms with Crippen LogP contribution >= 0.6 is 0 Å². The lowest BCUT2D eigenvalue weighted by molar-refractivity contribution is 0.0914. The van der Waals surface area contributed by atoms with Gasteiger partial charge in [-0.15, -0.1) is 0 Å². The maximum atomic E-state index is 12.2. The van der Waals surface area contributed by atoms with Crippen LogP contribution in [0.2, 0.25) is 0 Å². The SMILES string of the molecule is O=C(c1ncccn1)C1Cc2ccccc2C1. The Morgan fingerprint density at radius 2 is 1.59 bits per heavy atom. The Labute approximate surface area is 99.5 Å². The summed E-state index contributed by atoms with van der Waals surface area (Å²) in [6.45, 7) is 0. The van der Waals surface area contributed by atoms with Crippen molar-refractivity contribution in [2.45, 2.75) is 12.8 Å². The second-order valence-electron chi connectivity index (χ2n) is 4.31. The molecule has 0 N–H and O–H groups in total. The van der Waals surface area contributed by atoms with Gasteiger partial charge in [0.1, 0.15) is 0 Å². The number of fused-ring (bicyclic) bond motifs is 1. The third-order valence-corrected chi connectivity index (χ3v) is 3.21. The molecule has 0 spiro atoms. The summed E-state index contributed by atoms with van der Waals surface area (Å²) in [6, 6.07) is 9.94. The molecular formula is C14H12N2O. The van der Waals surface area contributed by atoms with Crippen LogP contribution in [0.1, 0.15) is 21.7 Å². The van der Waals surface area contributed by atoms with Crippen molar-refractivity contribution in [3.8, 4) is 0 Å². The Kier molecular flexibility index (Phi) is 2.44. The molecule has 1 heterocycles. The number of benzene rings is 1. The Balaban J connectivity index is 1.84. The standard InChI is InChI=1S/C14H12N2O/c17-13(14-15-6-3-7-16-14)12-8-10-4-1-2-5-11(10)9-12/h1-7,12H,8-9H2. The highest BCUT2D eigenvalue weighted by atomic mass is 16.1. The molecule has 2 aromatic rings. The average molecular weight is 224 g/mol. The summed E-state index contributed by atoms with van der Waals surface area (Å²) in [4.78, 5) is 20.2. The quantitative estimate of drug-likeness (QED) is 0.733. The molecule has 3 nitrogen and oxygen atoms in total. The van der Waals surface area contributed by atoms with E-state index in [1.165, 1.54) is 11.1 Å². The average Bonchev–Trinajstić information content (AvgIpc) is 2.82. The summed E-state index contributed by atoms with van der Waals surface area (Å²) in [6.07, 6.45) is 4.85. The molecule has 3 heteroatoms. The maximum absolute atomic E-state index is 12.2. The van der Waals surface area contributed by atoms with Crippen molar-refractivity contribution in [3.05, 3.63) is 59.7 Å². The molecule has 0 saturated carbocycles. The van der Waals surface area contributed by atoms with Crippen LogP contribution < -0.4 is 0 Å². The fourth-order valence-corrected chi connectivity index (χ4v) is 2.35. The molecule has 1 aromatic carbocycles. The summed E-state index contributed by atoms with van der Waals surface area (Å²) in [7, 11) is 0. The fraction of sp³-hybridized carbons (Fsp3) is 0.214. The smallest absolute Gasteiger partial charge is 0.203 e. The predicted molar refractivity (Wildman–Crippen MR) is 63.7 cm³/mol. The third-order valence-electron chi connectivity index (χ3n) is 3.21. The van der Waals surface area contributed by atoms with Crippen molar-refractivity contribution < 1.29 is 4.79 Å². The highest BCUT2D eigenvalue weighted by Gasteiger charge is 2.28. The second-order valence-corrected chi connectivity index (χ2v) is 4.31. The van der Waals surface area contributed by atoms with Gasteiger partial charge in [0, 0.05) is 18.3 Å². The molecule has 1 aliphatic rings. The topological polar surface area (TPSA) is 42.9 Å². The molecule has 0 saturated heterocycles. The monoisotopic (exact) mass is 224 g/mol. The van der Waals surface area contributed by atoms with Gasteiger partial charge in [-0.1, -0.05) is 24.3 Å². The number of Topliss-reactive ketones (excluding diaryl/α,β-unsaturated/α-hetero) is 1. The Morgan fingerprint density at radius 1 is 1.00 bits per heavy atom. The van der Waals surface area contributed by atoms with Crippen molar-refractivity contribution in [1.82, 2.24) is 9.97 Å². The molecule has 0 bridgehead atoms. The van der Waals surface area contributed by atoms with E-state index < -0.39 is 0 Å². The van der Waals surface area contributed by atoms with E-state index in [1.54, 1.807) is 18.5 Å². The minimum Gasteiger partial charge on any atom is -0.290 e. The number of hydrogen-bond acceptors (Lipinski definition) is 3. The molecule has 0 fully saturated rings. The first kappa shape index (κ1) is 10.1. The molecule has 84 valence electrons. The van der Waals surface area contributed by atoms with Gasteiger partial charge >= 0.3 is 0 Å². The summed E-state index contributed by atoms with van der Waals surface area (Å²) < 4.78 is 0. The van der Waals surface area contributed by atoms with E-state index in [4.69, 9.17) is 0 Å². The number of hydrogen-bond donors (Lipinski definition) is 0. The normalized spacial score (nSPS) is 14.6. The predicted octanol–water partition coefficient (Wildman–Crippen LogP) is 2.07. The zero-order chi connectivity index (χ0) is 11.7. The lowest BCUT2D eigenvalue weighted by Gasteiger charge is -2.05. The van der Waals surface area contributed by atoms with Crippen molar-refractivity contribution in [3.63, 3.8) is 0 Å². The van der Waals surface area contributed by atoms with Crippen LogP contribution in [0.4, 0.5) is 0 Å². The number of aromatic nitrogens is 2. The van der Waals surface area contributed by atoms with Gasteiger partial charge < -0.3 is 0 Å². The second kappa shape index (κ2) is 4.09. The fourth-order valence-electron chi connectivity index (χ4n) is 2.35. The molecule has 1 aliphatic carbocycles. The largest absolute Gasteiger partial charge is 0.290 e. The van der Waals surface area contributed by atoms with Gasteiger partial charge in [0.2, 0.25) is 5.78 Å². The van der Waals surface area contributed by atoms with E-state index in [9.17, 15) is 4.79 Å². The molecular weight excluding hydrogens is 212 g/mol. The highest BCUT2D eigenvalue weighted by Crippen LogP contribution is 2.28. The molecule has 0 atom stereocenters. The highest BCUT2D eigenvalue weighted by molar-refractivity contribution is 5.95. The lowest BCUT2D eigenvalue weighted by Crippen LogP contribution is -2.17. The van der Waals surface area contributed by atoms with Crippen LogP contribution in [0.25, 0.3) is 0 Å². The van der Waals surface area contributed by atoms with Crippen molar-refractivity contribution >= 4 is 5.78 Å². The Bertz CT molecular complexity index is 526. The number of rotatable bonds is 2. The van der Waals surface area contributed by atoms with Gasteiger partial charge in [-0.25, -0.2) is 9.97 Å². The zero-order valence-corrected chi connectivity index (χ0v) is 9.34. The molecule has 3 rings (SSSR count). The summed E-state index contributed by atoms with van der Waals surface area (Å²) in [5.41, 5.74) is 2.56. The zero-order valence-electron chi connectivity index (χ0n) is 9.34. The first-order valence-electron chi connectivity index (χ1n) is 5.72. The number of nitrogens with zero attached hydrogens (tertiary/aromatic N) is 2. The first-order chi connectivity index (χ1) is 8.34. The van der Waals surface area contributed by atoms with Crippen LogP contribution in [-0.4, -0.2) is 15.8 Å². The van der Waals surface area contributed by atoms with Gasteiger partial charge in [-0.05, 0) is 30.0 Å². The van der Waals surface area contributed by atoms with Crippen LogP contribution in [0.5, 0.6) is 0 Å². The van der Waals surface area contributed by atoms with E-state index in [0.717, 1.165) is 12.8 Å². The van der Waals surface area contributed by atoms with Crippen LogP contribution in [-0.2, 0) is 12.8 Å². The van der Waals surface area contributed by atoms with E-state index in [0.29, 0.717) is 5.82 Å². The molecule has 17 heavy (non-hydrogen) atoms. The van der Waals surface area contributed by atoms with Crippen LogP contribution in [0.3, 0.4) is 0 Å². The number of carbonyl (C=O) groups is 1. The number of ketones is 1. The van der Waals surface area contributed by atoms with Crippen molar-refractivity contribution in [1.29, 1.82) is 0 Å². The number of carbonyl (C=O) groups excluding carboxylic acids is 1. The molecule has 0 amide bonds. The van der Waals surface area contributed by atoms with Gasteiger partial charge in [-0.3, -0.25) is 4.79 Å². The van der Waals surface area contributed by atoms with E-state index in [-0.39, 0.29) is 11.7 Å². The van der Waals surface area contributed by atoms with E-state index >= 15 is 0 Å². The molecule has 0 aliphatic heterocycles. The van der Waals surface area contributed by atoms with Gasteiger partial charge in [0.25, 0.3) is 0 Å². The molecule has 1 aromatic heterocycles. The molecule has 0 unspecified atom stereocenters. The van der Waals surface area contributed by atoms with E-state index in [1.807, 2.05) is 12.1 Å². The first-order valence-corrected chi connectivity index (χ1v) is 5.72. The van der Waals surface area contributed by atoms with Gasteiger partial charge in [-0.2, -0.15) is 0 Å². The summed E-state index contributed by atoms with van der Waals surface area (Å²) in [5.74, 6) is 0.405.